The van der Waals surface area contributed by atoms with Crippen molar-refractivity contribution in [2.75, 3.05) is 6.61 Å². The molecule has 0 saturated heterocycles. The van der Waals surface area contributed by atoms with Crippen LogP contribution in [0.4, 0.5) is 0 Å². The Hall–Kier alpha value is -0.980. The quantitative estimate of drug-likeness (QED) is 0.674. The second-order valence-corrected chi connectivity index (χ2v) is 5.67. The fourth-order valence-corrected chi connectivity index (χ4v) is 2.22. The Morgan fingerprint density at radius 2 is 2.00 bits per heavy atom. The first-order chi connectivity index (χ1) is 7.48. The minimum absolute atomic E-state index is 0.120. The van der Waals surface area contributed by atoms with Gasteiger partial charge in [-0.3, -0.25) is 0 Å². The third kappa shape index (κ3) is 1.73. The zero-order valence-corrected chi connectivity index (χ0v) is 10.8. The van der Waals surface area contributed by atoms with E-state index in [9.17, 15) is 0 Å². The first-order valence-electron chi connectivity index (χ1n) is 6.23. The van der Waals surface area contributed by atoms with Gasteiger partial charge in [-0.15, -0.1) is 0 Å². The number of hydrogen-bond donors (Lipinski definition) is 0. The van der Waals surface area contributed by atoms with E-state index in [-0.39, 0.29) is 10.8 Å². The topological polar surface area (TPSA) is 9.23 Å². The molecule has 2 aliphatic rings. The number of rotatable bonds is 2. The van der Waals surface area contributed by atoms with E-state index in [1.807, 2.05) is 0 Å². The van der Waals surface area contributed by atoms with E-state index in [1.54, 1.807) is 0 Å². The van der Waals surface area contributed by atoms with Gasteiger partial charge in [0.25, 0.3) is 0 Å². The van der Waals surface area contributed by atoms with Crippen molar-refractivity contribution in [3.05, 3.63) is 35.6 Å². The van der Waals surface area contributed by atoms with E-state index in [0.29, 0.717) is 0 Å². The van der Waals surface area contributed by atoms with E-state index < -0.39 is 0 Å². The summed E-state index contributed by atoms with van der Waals surface area (Å²) in [5.41, 5.74) is 1.75. The van der Waals surface area contributed by atoms with Gasteiger partial charge < -0.3 is 4.74 Å². The monoisotopic (exact) mass is 218 g/mol. The summed E-state index contributed by atoms with van der Waals surface area (Å²) in [4.78, 5) is 0. The molecule has 1 heterocycles. The van der Waals surface area contributed by atoms with Crippen LogP contribution in [0.1, 0.15) is 40.5 Å². The lowest BCUT2D eigenvalue weighted by molar-refractivity contribution is 0.189. The molecule has 1 aliphatic heterocycles. The average Bonchev–Trinajstić information content (AvgIpc) is 2.64. The molecule has 0 N–H and O–H groups in total. The van der Waals surface area contributed by atoms with Gasteiger partial charge in [0, 0.05) is 11.8 Å². The largest absolute Gasteiger partial charge is 0.493 e. The summed E-state index contributed by atoms with van der Waals surface area (Å²) in [5, 5.41) is 0. The molecule has 1 nitrogen and oxygen atoms in total. The van der Waals surface area contributed by atoms with Gasteiger partial charge in [-0.05, 0) is 23.5 Å². The van der Waals surface area contributed by atoms with Crippen molar-refractivity contribution >= 4 is 0 Å². The van der Waals surface area contributed by atoms with Gasteiger partial charge in [0.2, 0.25) is 0 Å². The van der Waals surface area contributed by atoms with Crippen LogP contribution in [0.2, 0.25) is 0 Å². The molecule has 0 amide bonds. The molecule has 16 heavy (non-hydrogen) atoms. The second kappa shape index (κ2) is 3.80. The zero-order valence-electron chi connectivity index (χ0n) is 10.8. The van der Waals surface area contributed by atoms with Crippen LogP contribution in [0, 0.1) is 10.8 Å². The van der Waals surface area contributed by atoms with E-state index in [2.05, 4.69) is 52.0 Å². The Balaban J connectivity index is 2.33. The molecule has 1 atom stereocenters. The SMILES string of the molecule is CCC(C)(C)C1(C)C=CC2=C(C=C1)OCC2. The van der Waals surface area contributed by atoms with Crippen molar-refractivity contribution in [3.8, 4) is 0 Å². The van der Waals surface area contributed by atoms with Gasteiger partial charge in [-0.1, -0.05) is 45.9 Å². The standard InChI is InChI=1S/C15H22O/c1-5-14(2,3)15(4)9-6-12-8-11-16-13(12)7-10-15/h6-7,9-10H,5,8,11H2,1-4H3. The van der Waals surface area contributed by atoms with Crippen LogP contribution >= 0.6 is 0 Å². The van der Waals surface area contributed by atoms with E-state index in [1.165, 1.54) is 12.0 Å². The minimum atomic E-state index is 0.120. The Labute approximate surface area is 98.9 Å². The molecule has 1 heteroatoms. The molecule has 0 aromatic rings. The van der Waals surface area contributed by atoms with Crippen LogP contribution in [-0.2, 0) is 4.74 Å². The van der Waals surface area contributed by atoms with Crippen LogP contribution in [-0.4, -0.2) is 6.61 Å². The highest BCUT2D eigenvalue weighted by molar-refractivity contribution is 5.38. The lowest BCUT2D eigenvalue weighted by atomic mass is 9.65. The van der Waals surface area contributed by atoms with Crippen molar-refractivity contribution < 1.29 is 4.74 Å². The molecule has 2 rings (SSSR count). The predicted molar refractivity (Wildman–Crippen MR) is 68.1 cm³/mol. The molecule has 0 aromatic heterocycles. The van der Waals surface area contributed by atoms with Crippen molar-refractivity contribution in [1.82, 2.24) is 0 Å². The van der Waals surface area contributed by atoms with Crippen LogP contribution in [0.5, 0.6) is 0 Å². The van der Waals surface area contributed by atoms with E-state index in [4.69, 9.17) is 4.74 Å². The van der Waals surface area contributed by atoms with Crippen molar-refractivity contribution in [2.24, 2.45) is 10.8 Å². The Kier molecular flexibility index (Phi) is 2.73. The van der Waals surface area contributed by atoms with Gasteiger partial charge in [-0.2, -0.15) is 0 Å². The summed E-state index contributed by atoms with van der Waals surface area (Å²) in [6, 6.07) is 0. The maximum absolute atomic E-state index is 5.62. The summed E-state index contributed by atoms with van der Waals surface area (Å²) in [6.07, 6.45) is 11.3. The third-order valence-electron chi connectivity index (χ3n) is 4.50. The van der Waals surface area contributed by atoms with Crippen LogP contribution in [0.15, 0.2) is 35.6 Å². The van der Waals surface area contributed by atoms with Gasteiger partial charge in [0.15, 0.2) is 0 Å². The molecule has 0 fully saturated rings. The van der Waals surface area contributed by atoms with E-state index >= 15 is 0 Å². The zero-order chi connectivity index (χ0) is 11.8. The Bertz CT molecular complexity index is 345. The summed E-state index contributed by atoms with van der Waals surface area (Å²) in [6.45, 7) is 10.1. The molecule has 1 aliphatic carbocycles. The van der Waals surface area contributed by atoms with E-state index in [0.717, 1.165) is 18.8 Å². The van der Waals surface area contributed by atoms with Crippen molar-refractivity contribution in [1.29, 1.82) is 0 Å². The smallest absolute Gasteiger partial charge is 0.122 e. The molecular formula is C15H22O. The maximum Gasteiger partial charge on any atom is 0.122 e. The highest BCUT2D eigenvalue weighted by Gasteiger charge is 2.36. The number of ether oxygens (including phenoxy) is 1. The van der Waals surface area contributed by atoms with Crippen LogP contribution < -0.4 is 0 Å². The minimum Gasteiger partial charge on any atom is -0.493 e. The molecule has 0 saturated carbocycles. The second-order valence-electron chi connectivity index (χ2n) is 5.67. The summed E-state index contributed by atoms with van der Waals surface area (Å²) >= 11 is 0. The summed E-state index contributed by atoms with van der Waals surface area (Å²) in [7, 11) is 0. The summed E-state index contributed by atoms with van der Waals surface area (Å²) < 4.78 is 5.62. The Morgan fingerprint density at radius 3 is 2.69 bits per heavy atom. The molecule has 0 aromatic carbocycles. The van der Waals surface area contributed by atoms with Gasteiger partial charge >= 0.3 is 0 Å². The van der Waals surface area contributed by atoms with Crippen molar-refractivity contribution in [2.45, 2.75) is 40.5 Å². The third-order valence-corrected chi connectivity index (χ3v) is 4.50. The highest BCUT2D eigenvalue weighted by atomic mass is 16.5. The van der Waals surface area contributed by atoms with Crippen LogP contribution in [0.3, 0.4) is 0 Å². The molecule has 1 unspecified atom stereocenters. The molecular weight excluding hydrogens is 196 g/mol. The predicted octanol–water partition coefficient (Wildman–Crippen LogP) is 4.23. The number of hydrogen-bond acceptors (Lipinski definition) is 1. The fourth-order valence-electron chi connectivity index (χ4n) is 2.22. The Morgan fingerprint density at radius 1 is 1.31 bits per heavy atom. The number of allylic oxidation sites excluding steroid dienone is 4. The lowest BCUT2D eigenvalue weighted by Crippen LogP contribution is -2.31. The average molecular weight is 218 g/mol. The molecule has 88 valence electrons. The first kappa shape index (κ1) is 11.5. The normalized spacial score (nSPS) is 29.0. The lowest BCUT2D eigenvalue weighted by Gasteiger charge is -2.39. The van der Waals surface area contributed by atoms with Gasteiger partial charge in [-0.25, -0.2) is 0 Å². The van der Waals surface area contributed by atoms with Crippen molar-refractivity contribution in [3.63, 3.8) is 0 Å². The van der Waals surface area contributed by atoms with Gasteiger partial charge in [0.05, 0.1) is 6.61 Å². The maximum atomic E-state index is 5.62. The first-order valence-corrected chi connectivity index (χ1v) is 6.23. The molecule has 0 radical (unpaired) electrons. The highest BCUT2D eigenvalue weighted by Crippen LogP contribution is 2.46. The summed E-state index contributed by atoms with van der Waals surface area (Å²) in [5.74, 6) is 1.08. The van der Waals surface area contributed by atoms with Crippen LogP contribution in [0.25, 0.3) is 0 Å². The fraction of sp³-hybridized carbons (Fsp3) is 0.600. The molecule has 0 bridgehead atoms. The van der Waals surface area contributed by atoms with Gasteiger partial charge in [0.1, 0.15) is 5.76 Å². The molecule has 0 spiro atoms.